The first-order valence-corrected chi connectivity index (χ1v) is 5.20. The van der Waals surface area contributed by atoms with Crippen LogP contribution in [0.2, 0.25) is 0 Å². The number of carbonyl (C=O) groups is 1. The zero-order valence-corrected chi connectivity index (χ0v) is 9.66. The van der Waals surface area contributed by atoms with E-state index in [0.717, 1.165) is 5.56 Å². The molecule has 2 aromatic rings. The molecule has 0 aliphatic rings. The SMILES string of the molecule is COC(=O)c1ccc(-c2ccc(/C=N/O)o2)cc1. The van der Waals surface area contributed by atoms with Crippen molar-refractivity contribution < 1.29 is 19.2 Å². The lowest BCUT2D eigenvalue weighted by atomic mass is 10.1. The molecule has 0 bridgehead atoms. The van der Waals surface area contributed by atoms with Gasteiger partial charge in [-0.05, 0) is 24.3 Å². The van der Waals surface area contributed by atoms with E-state index >= 15 is 0 Å². The van der Waals surface area contributed by atoms with E-state index in [-0.39, 0.29) is 5.97 Å². The third-order valence-corrected chi connectivity index (χ3v) is 2.40. The molecule has 0 atom stereocenters. The number of rotatable bonds is 3. The minimum absolute atomic E-state index is 0.380. The lowest BCUT2D eigenvalue weighted by Gasteiger charge is -2.00. The molecule has 1 N–H and O–H groups in total. The molecule has 0 unspecified atom stereocenters. The van der Waals surface area contributed by atoms with Crippen LogP contribution >= 0.6 is 0 Å². The molecule has 0 spiro atoms. The summed E-state index contributed by atoms with van der Waals surface area (Å²) in [5, 5.41) is 11.3. The molecule has 0 aliphatic carbocycles. The molecular weight excluding hydrogens is 234 g/mol. The Morgan fingerprint density at radius 1 is 1.28 bits per heavy atom. The van der Waals surface area contributed by atoms with Gasteiger partial charge in [-0.25, -0.2) is 4.79 Å². The highest BCUT2D eigenvalue weighted by molar-refractivity contribution is 5.89. The lowest BCUT2D eigenvalue weighted by molar-refractivity contribution is 0.0601. The molecule has 1 aromatic carbocycles. The van der Waals surface area contributed by atoms with Crippen LogP contribution in [0.15, 0.2) is 46.0 Å². The first-order valence-electron chi connectivity index (χ1n) is 5.20. The summed E-state index contributed by atoms with van der Waals surface area (Å²) >= 11 is 0. The monoisotopic (exact) mass is 245 g/mol. The highest BCUT2D eigenvalue weighted by Crippen LogP contribution is 2.22. The second kappa shape index (κ2) is 5.18. The molecule has 0 saturated carbocycles. The van der Waals surface area contributed by atoms with Gasteiger partial charge in [0.05, 0.1) is 12.7 Å². The largest absolute Gasteiger partial charge is 0.465 e. The maximum absolute atomic E-state index is 11.3. The summed E-state index contributed by atoms with van der Waals surface area (Å²) in [7, 11) is 1.34. The van der Waals surface area contributed by atoms with Gasteiger partial charge in [-0.2, -0.15) is 0 Å². The second-order valence-electron chi connectivity index (χ2n) is 3.52. The quantitative estimate of drug-likeness (QED) is 0.390. The van der Waals surface area contributed by atoms with E-state index < -0.39 is 0 Å². The van der Waals surface area contributed by atoms with Gasteiger partial charge in [0.2, 0.25) is 0 Å². The highest BCUT2D eigenvalue weighted by Gasteiger charge is 2.07. The maximum atomic E-state index is 11.3. The molecule has 1 heterocycles. The summed E-state index contributed by atoms with van der Waals surface area (Å²) in [6.45, 7) is 0. The zero-order chi connectivity index (χ0) is 13.0. The molecule has 0 radical (unpaired) electrons. The summed E-state index contributed by atoms with van der Waals surface area (Å²) in [5.41, 5.74) is 1.30. The van der Waals surface area contributed by atoms with Crippen LogP contribution in [0.25, 0.3) is 11.3 Å². The van der Waals surface area contributed by atoms with Crippen LogP contribution in [0.5, 0.6) is 0 Å². The van der Waals surface area contributed by atoms with Crippen molar-refractivity contribution in [2.24, 2.45) is 5.16 Å². The standard InChI is InChI=1S/C13H11NO4/c1-17-13(15)10-4-2-9(3-5-10)12-7-6-11(18-12)8-14-16/h2-8,16H,1H3/b14-8+. The Morgan fingerprint density at radius 3 is 2.61 bits per heavy atom. The molecule has 2 rings (SSSR count). The predicted molar refractivity (Wildman–Crippen MR) is 64.9 cm³/mol. The third-order valence-electron chi connectivity index (χ3n) is 2.40. The molecule has 18 heavy (non-hydrogen) atoms. The van der Waals surface area contributed by atoms with Crippen molar-refractivity contribution in [3.8, 4) is 11.3 Å². The van der Waals surface area contributed by atoms with Crippen LogP contribution in [0.3, 0.4) is 0 Å². The maximum Gasteiger partial charge on any atom is 0.337 e. The Hall–Kier alpha value is -2.56. The van der Waals surface area contributed by atoms with E-state index in [2.05, 4.69) is 9.89 Å². The molecule has 0 saturated heterocycles. The van der Waals surface area contributed by atoms with Crippen molar-refractivity contribution in [2.45, 2.75) is 0 Å². The summed E-state index contributed by atoms with van der Waals surface area (Å²) in [4.78, 5) is 11.3. The van der Waals surface area contributed by atoms with Gasteiger partial charge in [0, 0.05) is 5.56 Å². The number of hydrogen-bond acceptors (Lipinski definition) is 5. The minimum atomic E-state index is -0.380. The fourth-order valence-corrected chi connectivity index (χ4v) is 1.52. The van der Waals surface area contributed by atoms with Crippen molar-refractivity contribution in [3.63, 3.8) is 0 Å². The topological polar surface area (TPSA) is 72.0 Å². The molecule has 5 heteroatoms. The van der Waals surface area contributed by atoms with E-state index in [1.165, 1.54) is 13.3 Å². The summed E-state index contributed by atoms with van der Waals surface area (Å²) in [5.74, 6) is 0.694. The van der Waals surface area contributed by atoms with Gasteiger partial charge in [0.25, 0.3) is 0 Å². The summed E-state index contributed by atoms with van der Waals surface area (Å²) in [6.07, 6.45) is 1.20. The molecule has 0 amide bonds. The van der Waals surface area contributed by atoms with Crippen LogP contribution in [0.4, 0.5) is 0 Å². The van der Waals surface area contributed by atoms with Crippen molar-refractivity contribution in [1.82, 2.24) is 0 Å². The first-order chi connectivity index (χ1) is 8.74. The smallest absolute Gasteiger partial charge is 0.337 e. The third kappa shape index (κ3) is 2.40. The Bertz CT molecular complexity index is 569. The Morgan fingerprint density at radius 2 is 2.00 bits per heavy atom. The fraction of sp³-hybridized carbons (Fsp3) is 0.0769. The zero-order valence-electron chi connectivity index (χ0n) is 9.66. The van der Waals surface area contributed by atoms with Crippen LogP contribution < -0.4 is 0 Å². The average molecular weight is 245 g/mol. The fourth-order valence-electron chi connectivity index (χ4n) is 1.52. The van der Waals surface area contributed by atoms with Crippen molar-refractivity contribution >= 4 is 12.2 Å². The molecule has 92 valence electrons. The molecule has 0 fully saturated rings. The Labute approximate surface area is 103 Å². The number of benzene rings is 1. The first kappa shape index (κ1) is 11.9. The van der Waals surface area contributed by atoms with E-state index in [1.54, 1.807) is 36.4 Å². The van der Waals surface area contributed by atoms with Gasteiger partial charge in [0.1, 0.15) is 17.7 Å². The molecular formula is C13H11NO4. The van der Waals surface area contributed by atoms with Crippen molar-refractivity contribution in [2.75, 3.05) is 7.11 Å². The van der Waals surface area contributed by atoms with Gasteiger partial charge < -0.3 is 14.4 Å². The average Bonchev–Trinajstić information content (AvgIpc) is 2.87. The number of hydrogen-bond donors (Lipinski definition) is 1. The van der Waals surface area contributed by atoms with Crippen molar-refractivity contribution in [1.29, 1.82) is 0 Å². The molecule has 1 aromatic heterocycles. The van der Waals surface area contributed by atoms with Gasteiger partial charge in [-0.3, -0.25) is 0 Å². The van der Waals surface area contributed by atoms with Crippen molar-refractivity contribution in [3.05, 3.63) is 47.7 Å². The van der Waals surface area contributed by atoms with Gasteiger partial charge in [0.15, 0.2) is 0 Å². The van der Waals surface area contributed by atoms with Crippen LogP contribution in [0.1, 0.15) is 16.1 Å². The van der Waals surface area contributed by atoms with E-state index in [4.69, 9.17) is 9.62 Å². The predicted octanol–water partition coefficient (Wildman–Crippen LogP) is 2.54. The number of furan rings is 1. The Balaban J connectivity index is 2.25. The van der Waals surface area contributed by atoms with Crippen LogP contribution in [0, 0.1) is 0 Å². The van der Waals surface area contributed by atoms with E-state index in [9.17, 15) is 4.79 Å². The number of esters is 1. The summed E-state index contributed by atoms with van der Waals surface area (Å²) in [6, 6.07) is 10.3. The second-order valence-corrected chi connectivity index (χ2v) is 3.52. The van der Waals surface area contributed by atoms with Gasteiger partial charge >= 0.3 is 5.97 Å². The molecule has 0 aliphatic heterocycles. The minimum Gasteiger partial charge on any atom is -0.465 e. The Kier molecular flexibility index (Phi) is 3.43. The number of nitrogens with zero attached hydrogens (tertiary/aromatic N) is 1. The lowest BCUT2D eigenvalue weighted by Crippen LogP contribution is -2.00. The molecule has 5 nitrogen and oxygen atoms in total. The van der Waals surface area contributed by atoms with Crippen LogP contribution in [-0.4, -0.2) is 24.5 Å². The number of methoxy groups -OCH3 is 1. The van der Waals surface area contributed by atoms with Gasteiger partial charge in [-0.1, -0.05) is 17.3 Å². The van der Waals surface area contributed by atoms with Gasteiger partial charge in [-0.15, -0.1) is 0 Å². The van der Waals surface area contributed by atoms with Crippen LogP contribution in [-0.2, 0) is 4.74 Å². The number of oxime groups is 1. The highest BCUT2D eigenvalue weighted by atomic mass is 16.5. The van der Waals surface area contributed by atoms with E-state index in [1.807, 2.05) is 0 Å². The summed E-state index contributed by atoms with van der Waals surface area (Å²) < 4.78 is 10.0. The number of carbonyl (C=O) groups excluding carboxylic acids is 1. The van der Waals surface area contributed by atoms with E-state index in [0.29, 0.717) is 17.1 Å². The normalized spacial score (nSPS) is 10.7. The number of ether oxygens (including phenoxy) is 1.